The Hall–Kier alpha value is -3.74. The SMILES string of the molecule is CN(Cc1ccccc1OCCCCc1n[nH][nH]1)C(=O)c1ccc(-c2ccco2)cc1. The Balaban J connectivity index is 1.32. The number of hydrogen-bond donors (Lipinski definition) is 2. The van der Waals surface area contributed by atoms with E-state index in [1.807, 2.05) is 60.7 Å². The molecule has 2 aromatic carbocycles. The minimum Gasteiger partial charge on any atom is -0.493 e. The van der Waals surface area contributed by atoms with Crippen LogP contribution in [-0.2, 0) is 13.0 Å². The number of ether oxygens (including phenoxy) is 1. The molecule has 4 aromatic rings. The number of aromatic amines is 2. The number of carbonyl (C=O) groups is 1. The molecule has 0 fully saturated rings. The van der Waals surface area contributed by atoms with Crippen LogP contribution in [-0.4, -0.2) is 39.9 Å². The van der Waals surface area contributed by atoms with Crippen LogP contribution in [0.3, 0.4) is 0 Å². The van der Waals surface area contributed by atoms with E-state index in [0.717, 1.165) is 47.7 Å². The average molecular weight is 418 g/mol. The van der Waals surface area contributed by atoms with Crippen molar-refractivity contribution in [1.29, 1.82) is 0 Å². The topological polar surface area (TPSA) is 87.1 Å². The van der Waals surface area contributed by atoms with Gasteiger partial charge in [-0.15, -0.1) is 5.10 Å². The van der Waals surface area contributed by atoms with E-state index >= 15 is 0 Å². The number of aryl methyl sites for hydroxylation is 1. The number of hydrogen-bond acceptors (Lipinski definition) is 4. The van der Waals surface area contributed by atoms with Crippen LogP contribution in [0, 0.1) is 0 Å². The Labute approximate surface area is 181 Å². The van der Waals surface area contributed by atoms with E-state index < -0.39 is 0 Å². The Bertz CT molecular complexity index is 1070. The van der Waals surface area contributed by atoms with Crippen molar-refractivity contribution in [3.05, 3.63) is 83.9 Å². The van der Waals surface area contributed by atoms with E-state index in [1.165, 1.54) is 0 Å². The summed E-state index contributed by atoms with van der Waals surface area (Å²) < 4.78 is 11.4. The fourth-order valence-electron chi connectivity index (χ4n) is 3.37. The van der Waals surface area contributed by atoms with Crippen molar-refractivity contribution in [2.45, 2.75) is 25.8 Å². The quantitative estimate of drug-likeness (QED) is 0.366. The molecule has 0 saturated heterocycles. The summed E-state index contributed by atoms with van der Waals surface area (Å²) >= 11 is 0. The third-order valence-electron chi connectivity index (χ3n) is 5.12. The highest BCUT2D eigenvalue weighted by molar-refractivity contribution is 5.94. The first-order valence-corrected chi connectivity index (χ1v) is 10.4. The normalized spacial score (nSPS) is 10.9. The van der Waals surface area contributed by atoms with Gasteiger partial charge in [0.05, 0.1) is 12.9 Å². The predicted molar refractivity (Wildman–Crippen MR) is 118 cm³/mol. The Morgan fingerprint density at radius 1 is 1.06 bits per heavy atom. The molecule has 7 heteroatoms. The van der Waals surface area contributed by atoms with Gasteiger partial charge in [0.2, 0.25) is 0 Å². The maximum Gasteiger partial charge on any atom is 0.253 e. The van der Waals surface area contributed by atoms with E-state index in [9.17, 15) is 4.79 Å². The molecule has 0 radical (unpaired) electrons. The molecule has 7 nitrogen and oxygen atoms in total. The smallest absolute Gasteiger partial charge is 0.253 e. The Kier molecular flexibility index (Phi) is 6.52. The van der Waals surface area contributed by atoms with E-state index in [4.69, 9.17) is 9.15 Å². The lowest BCUT2D eigenvalue weighted by molar-refractivity contribution is 0.0784. The van der Waals surface area contributed by atoms with Crippen LogP contribution in [0.25, 0.3) is 11.3 Å². The molecular formula is C24H26N4O3. The van der Waals surface area contributed by atoms with Crippen LogP contribution in [0.2, 0.25) is 0 Å². The number of H-pyrrole nitrogens is 2. The van der Waals surface area contributed by atoms with Gasteiger partial charge < -0.3 is 14.1 Å². The average Bonchev–Trinajstić information content (AvgIpc) is 3.30. The van der Waals surface area contributed by atoms with Crippen molar-refractivity contribution >= 4 is 5.91 Å². The zero-order chi connectivity index (χ0) is 21.5. The molecule has 0 aliphatic heterocycles. The molecule has 2 aromatic heterocycles. The third-order valence-corrected chi connectivity index (χ3v) is 5.12. The van der Waals surface area contributed by atoms with Gasteiger partial charge in [-0.25, -0.2) is 5.21 Å². The van der Waals surface area contributed by atoms with E-state index in [1.54, 1.807) is 18.2 Å². The number of furan rings is 1. The van der Waals surface area contributed by atoms with Crippen molar-refractivity contribution in [3.8, 4) is 17.1 Å². The lowest BCUT2D eigenvalue weighted by Gasteiger charge is -2.19. The first kappa shape index (κ1) is 20.5. The van der Waals surface area contributed by atoms with Crippen LogP contribution in [0.4, 0.5) is 0 Å². The number of unbranched alkanes of at least 4 members (excludes halogenated alkanes) is 1. The number of para-hydroxylation sites is 1. The fraction of sp³-hybridized carbons (Fsp3) is 0.250. The van der Waals surface area contributed by atoms with E-state index in [-0.39, 0.29) is 5.91 Å². The lowest BCUT2D eigenvalue weighted by atomic mass is 10.1. The summed E-state index contributed by atoms with van der Waals surface area (Å²) in [5, 5.41) is 9.59. The van der Waals surface area contributed by atoms with Crippen molar-refractivity contribution in [2.24, 2.45) is 0 Å². The second-order valence-corrected chi connectivity index (χ2v) is 7.42. The van der Waals surface area contributed by atoms with Crippen LogP contribution in [0.5, 0.6) is 5.75 Å². The molecule has 2 heterocycles. The van der Waals surface area contributed by atoms with Gasteiger partial charge in [-0.1, -0.05) is 30.3 Å². The first-order chi connectivity index (χ1) is 15.2. The Morgan fingerprint density at radius 2 is 1.87 bits per heavy atom. The van der Waals surface area contributed by atoms with Crippen LogP contribution in [0.1, 0.15) is 34.6 Å². The minimum absolute atomic E-state index is 0.0387. The van der Waals surface area contributed by atoms with E-state index in [2.05, 4.69) is 15.4 Å². The summed E-state index contributed by atoms with van der Waals surface area (Å²) in [5.41, 5.74) is 2.57. The molecule has 0 unspecified atom stereocenters. The molecule has 4 rings (SSSR count). The molecule has 2 N–H and O–H groups in total. The molecule has 0 saturated carbocycles. The Morgan fingerprint density at radius 3 is 2.58 bits per heavy atom. The zero-order valence-corrected chi connectivity index (χ0v) is 17.5. The van der Waals surface area contributed by atoms with E-state index in [0.29, 0.717) is 18.7 Å². The van der Waals surface area contributed by atoms with Gasteiger partial charge in [0.25, 0.3) is 5.91 Å². The first-order valence-electron chi connectivity index (χ1n) is 10.4. The van der Waals surface area contributed by atoms with Gasteiger partial charge in [0, 0.05) is 36.7 Å². The highest BCUT2D eigenvalue weighted by Crippen LogP contribution is 2.23. The van der Waals surface area contributed by atoms with Gasteiger partial charge in [-0.2, -0.15) is 0 Å². The van der Waals surface area contributed by atoms with Gasteiger partial charge in [0.1, 0.15) is 17.3 Å². The highest BCUT2D eigenvalue weighted by atomic mass is 16.5. The zero-order valence-electron chi connectivity index (χ0n) is 17.5. The van der Waals surface area contributed by atoms with Gasteiger partial charge in [-0.3, -0.25) is 9.89 Å². The number of rotatable bonds is 10. The van der Waals surface area contributed by atoms with Gasteiger partial charge in [0.15, 0.2) is 0 Å². The summed E-state index contributed by atoms with van der Waals surface area (Å²) in [6, 6.07) is 19.1. The molecule has 31 heavy (non-hydrogen) atoms. The molecule has 0 spiro atoms. The monoisotopic (exact) mass is 418 g/mol. The number of nitrogens with zero attached hydrogens (tertiary/aromatic N) is 2. The molecular weight excluding hydrogens is 392 g/mol. The maximum absolute atomic E-state index is 12.9. The molecule has 0 bridgehead atoms. The molecule has 1 amide bonds. The summed E-state index contributed by atoms with van der Waals surface area (Å²) in [6.07, 6.45) is 4.49. The number of carbonyl (C=O) groups excluding carboxylic acids is 1. The molecule has 160 valence electrons. The van der Waals surface area contributed by atoms with Crippen LogP contribution in [0.15, 0.2) is 71.3 Å². The molecule has 0 aliphatic carbocycles. The fourth-order valence-corrected chi connectivity index (χ4v) is 3.37. The number of amides is 1. The predicted octanol–water partition coefficient (Wildman–Crippen LogP) is 4.67. The summed E-state index contributed by atoms with van der Waals surface area (Å²) in [7, 11) is 1.81. The standard InChI is InChI=1S/C24H26N4O3/c1-28(24(29)19-13-11-18(12-14-19)21-9-6-16-31-21)17-20-7-2-3-8-22(20)30-15-5-4-10-23-25-27-26-23/h2-3,6-9,11-14,16,27H,4-5,10,15,17H2,1H3,(H,25,26). The third kappa shape index (κ3) is 5.25. The maximum atomic E-state index is 12.9. The summed E-state index contributed by atoms with van der Waals surface area (Å²) in [5.74, 6) is 2.55. The van der Waals surface area contributed by atoms with Gasteiger partial charge in [-0.05, 0) is 43.2 Å². The summed E-state index contributed by atoms with van der Waals surface area (Å²) in [4.78, 5) is 14.6. The minimum atomic E-state index is -0.0387. The number of aromatic nitrogens is 3. The lowest BCUT2D eigenvalue weighted by Crippen LogP contribution is -2.26. The largest absolute Gasteiger partial charge is 0.493 e. The van der Waals surface area contributed by atoms with Crippen LogP contribution >= 0.6 is 0 Å². The molecule has 0 atom stereocenters. The summed E-state index contributed by atoms with van der Waals surface area (Å²) in [6.45, 7) is 1.10. The van der Waals surface area contributed by atoms with Crippen molar-refractivity contribution in [2.75, 3.05) is 13.7 Å². The molecule has 0 aliphatic rings. The highest BCUT2D eigenvalue weighted by Gasteiger charge is 2.15. The van der Waals surface area contributed by atoms with Crippen molar-refractivity contribution in [3.63, 3.8) is 0 Å². The van der Waals surface area contributed by atoms with Crippen molar-refractivity contribution in [1.82, 2.24) is 20.3 Å². The van der Waals surface area contributed by atoms with Crippen LogP contribution < -0.4 is 4.74 Å². The second kappa shape index (κ2) is 9.84. The van der Waals surface area contributed by atoms with Gasteiger partial charge >= 0.3 is 0 Å². The van der Waals surface area contributed by atoms with Crippen molar-refractivity contribution < 1.29 is 13.9 Å². The second-order valence-electron chi connectivity index (χ2n) is 7.42. The number of benzene rings is 2. The number of nitrogens with one attached hydrogen (secondary N) is 2.